The van der Waals surface area contributed by atoms with Crippen molar-refractivity contribution in [3.8, 4) is 0 Å². The molecule has 0 spiro atoms. The summed E-state index contributed by atoms with van der Waals surface area (Å²) in [4.78, 5) is 15.1. The maximum atomic E-state index is 10.8. The first-order valence-corrected chi connectivity index (χ1v) is 7.08. The molecule has 6 nitrogen and oxygen atoms in total. The van der Waals surface area contributed by atoms with Crippen molar-refractivity contribution < 1.29 is 20.1 Å². The van der Waals surface area contributed by atoms with Gasteiger partial charge in [0.25, 0.3) is 0 Å². The summed E-state index contributed by atoms with van der Waals surface area (Å²) < 4.78 is 1.73. The van der Waals surface area contributed by atoms with Crippen molar-refractivity contribution in [1.82, 2.24) is 9.55 Å². The number of carboxylic acid groups (broad SMARTS) is 1. The predicted octanol–water partition coefficient (Wildman–Crippen LogP) is 1.97. The highest BCUT2D eigenvalue weighted by atomic mass is 35.5. The van der Waals surface area contributed by atoms with Crippen LogP contribution in [-0.2, 0) is 11.3 Å². The van der Waals surface area contributed by atoms with E-state index in [0.717, 1.165) is 18.4 Å². The molecule has 0 fully saturated rings. The number of aliphatic hydroxyl groups is 2. The fourth-order valence-electron chi connectivity index (χ4n) is 2.17. The molecule has 1 aromatic carbocycles. The Balaban J connectivity index is 2.52. The molecular weight excluding hydrogens is 296 g/mol. The van der Waals surface area contributed by atoms with Crippen LogP contribution >= 0.6 is 11.6 Å². The van der Waals surface area contributed by atoms with E-state index in [1.807, 2.05) is 6.92 Å². The van der Waals surface area contributed by atoms with Gasteiger partial charge in [-0.25, -0.2) is 9.78 Å². The van der Waals surface area contributed by atoms with Gasteiger partial charge in [-0.15, -0.1) is 0 Å². The quantitative estimate of drug-likeness (QED) is 0.758. The molecule has 2 rings (SSSR count). The lowest BCUT2D eigenvalue weighted by atomic mass is 10.2. The fourth-order valence-corrected chi connectivity index (χ4v) is 2.34. The van der Waals surface area contributed by atoms with Crippen LogP contribution in [0.4, 0.5) is 0 Å². The van der Waals surface area contributed by atoms with E-state index in [1.54, 1.807) is 22.8 Å². The van der Waals surface area contributed by atoms with E-state index < -0.39 is 18.2 Å². The zero-order valence-electron chi connectivity index (χ0n) is 11.5. The van der Waals surface area contributed by atoms with Crippen molar-refractivity contribution in [3.63, 3.8) is 0 Å². The number of aromatic nitrogens is 2. The molecule has 0 bridgehead atoms. The Hall–Kier alpha value is -1.63. The van der Waals surface area contributed by atoms with Crippen LogP contribution in [-0.4, -0.2) is 36.9 Å². The van der Waals surface area contributed by atoms with E-state index in [1.165, 1.54) is 0 Å². The number of nitrogens with zero attached hydrogens (tertiary/aromatic N) is 2. The lowest BCUT2D eigenvalue weighted by Gasteiger charge is -2.16. The van der Waals surface area contributed by atoms with Gasteiger partial charge in [0, 0.05) is 11.6 Å². The minimum Gasteiger partial charge on any atom is -0.479 e. The van der Waals surface area contributed by atoms with Gasteiger partial charge >= 0.3 is 5.97 Å². The first kappa shape index (κ1) is 15.8. The van der Waals surface area contributed by atoms with Crippen molar-refractivity contribution in [2.75, 3.05) is 0 Å². The Labute approximate surface area is 126 Å². The van der Waals surface area contributed by atoms with Gasteiger partial charge in [-0.3, -0.25) is 0 Å². The number of unbranched alkanes of at least 4 members (excludes halogenated alkanes) is 1. The number of aryl methyl sites for hydroxylation is 1. The van der Waals surface area contributed by atoms with Crippen LogP contribution in [0.25, 0.3) is 11.0 Å². The average Bonchev–Trinajstić information content (AvgIpc) is 2.80. The average molecular weight is 313 g/mol. The molecule has 3 N–H and O–H groups in total. The number of imidazole rings is 1. The van der Waals surface area contributed by atoms with Gasteiger partial charge in [-0.05, 0) is 24.6 Å². The Morgan fingerprint density at radius 1 is 1.43 bits per heavy atom. The molecule has 2 atom stereocenters. The van der Waals surface area contributed by atoms with Crippen molar-refractivity contribution in [3.05, 3.63) is 29.0 Å². The number of carbonyl (C=O) groups is 1. The third-order valence-electron chi connectivity index (χ3n) is 3.29. The number of rotatable bonds is 6. The molecule has 0 saturated carbocycles. The summed E-state index contributed by atoms with van der Waals surface area (Å²) in [6.07, 6.45) is -1.73. The summed E-state index contributed by atoms with van der Waals surface area (Å²) in [6, 6.07) is 5.12. The SMILES string of the molecule is CCCCn1c(C(O)C(O)C(=O)O)nc2cc(Cl)ccc21. The molecule has 1 aromatic heterocycles. The maximum absolute atomic E-state index is 10.8. The van der Waals surface area contributed by atoms with Gasteiger partial charge in [0.15, 0.2) is 6.10 Å². The second kappa shape index (κ2) is 6.43. The lowest BCUT2D eigenvalue weighted by molar-refractivity contribution is -0.153. The summed E-state index contributed by atoms with van der Waals surface area (Å²) in [7, 11) is 0. The monoisotopic (exact) mass is 312 g/mol. The van der Waals surface area contributed by atoms with Crippen LogP contribution in [0.5, 0.6) is 0 Å². The number of fused-ring (bicyclic) bond motifs is 1. The first-order valence-electron chi connectivity index (χ1n) is 6.70. The number of aliphatic hydroxyl groups excluding tert-OH is 2. The molecule has 0 saturated heterocycles. The zero-order chi connectivity index (χ0) is 15.6. The Morgan fingerprint density at radius 2 is 2.14 bits per heavy atom. The molecule has 1 heterocycles. The zero-order valence-corrected chi connectivity index (χ0v) is 12.3. The minimum absolute atomic E-state index is 0.135. The van der Waals surface area contributed by atoms with Gasteiger partial charge < -0.3 is 19.9 Å². The van der Waals surface area contributed by atoms with Crippen molar-refractivity contribution in [2.45, 2.75) is 38.5 Å². The highest BCUT2D eigenvalue weighted by Crippen LogP contribution is 2.26. The van der Waals surface area contributed by atoms with Gasteiger partial charge in [-0.1, -0.05) is 24.9 Å². The van der Waals surface area contributed by atoms with Gasteiger partial charge in [0.05, 0.1) is 11.0 Å². The van der Waals surface area contributed by atoms with E-state index in [2.05, 4.69) is 4.98 Å². The molecule has 0 aliphatic rings. The summed E-state index contributed by atoms with van der Waals surface area (Å²) in [5.74, 6) is -1.36. The van der Waals surface area contributed by atoms with E-state index in [0.29, 0.717) is 17.1 Å². The molecule has 0 aliphatic heterocycles. The number of hydrogen-bond acceptors (Lipinski definition) is 4. The molecule has 114 valence electrons. The predicted molar refractivity (Wildman–Crippen MR) is 78.3 cm³/mol. The molecular formula is C14H17ClN2O4. The van der Waals surface area contributed by atoms with E-state index in [4.69, 9.17) is 16.7 Å². The standard InChI is InChI=1S/C14H17ClN2O4/c1-2-3-6-17-10-5-4-8(15)7-9(10)16-13(17)11(18)12(19)14(20)21/h4-5,7,11-12,18-19H,2-3,6H2,1H3,(H,20,21). The Kier molecular flexibility index (Phi) is 4.82. The smallest absolute Gasteiger partial charge is 0.335 e. The molecule has 21 heavy (non-hydrogen) atoms. The van der Waals surface area contributed by atoms with Crippen molar-refractivity contribution in [2.24, 2.45) is 0 Å². The van der Waals surface area contributed by atoms with E-state index >= 15 is 0 Å². The highest BCUT2D eigenvalue weighted by molar-refractivity contribution is 6.31. The van der Waals surface area contributed by atoms with Gasteiger partial charge in [0.2, 0.25) is 0 Å². The maximum Gasteiger partial charge on any atom is 0.335 e. The number of benzene rings is 1. The largest absolute Gasteiger partial charge is 0.479 e. The summed E-state index contributed by atoms with van der Waals surface area (Å²) >= 11 is 5.92. The second-order valence-electron chi connectivity index (χ2n) is 4.84. The van der Waals surface area contributed by atoms with Gasteiger partial charge in [0.1, 0.15) is 11.9 Å². The topological polar surface area (TPSA) is 95.6 Å². The molecule has 2 unspecified atom stereocenters. The lowest BCUT2D eigenvalue weighted by Crippen LogP contribution is -2.29. The molecule has 0 radical (unpaired) electrons. The number of halogens is 1. The molecule has 0 amide bonds. The summed E-state index contributed by atoms with van der Waals surface area (Å²) in [6.45, 7) is 2.60. The van der Waals surface area contributed by atoms with Crippen LogP contribution in [0, 0.1) is 0 Å². The van der Waals surface area contributed by atoms with Gasteiger partial charge in [-0.2, -0.15) is 0 Å². The van der Waals surface area contributed by atoms with Crippen LogP contribution in [0.3, 0.4) is 0 Å². The van der Waals surface area contributed by atoms with Crippen LogP contribution in [0.15, 0.2) is 18.2 Å². The summed E-state index contributed by atoms with van der Waals surface area (Å²) in [5.41, 5.74) is 1.31. The fraction of sp³-hybridized carbons (Fsp3) is 0.429. The summed E-state index contributed by atoms with van der Waals surface area (Å²) in [5, 5.41) is 28.9. The third-order valence-corrected chi connectivity index (χ3v) is 3.53. The molecule has 7 heteroatoms. The minimum atomic E-state index is -1.92. The molecule has 0 aliphatic carbocycles. The Morgan fingerprint density at radius 3 is 2.76 bits per heavy atom. The van der Waals surface area contributed by atoms with Crippen molar-refractivity contribution >= 4 is 28.6 Å². The van der Waals surface area contributed by atoms with E-state index in [9.17, 15) is 15.0 Å². The van der Waals surface area contributed by atoms with Crippen molar-refractivity contribution in [1.29, 1.82) is 0 Å². The Bertz CT molecular complexity index is 656. The normalized spacial score (nSPS) is 14.3. The van der Waals surface area contributed by atoms with Crippen LogP contribution in [0.2, 0.25) is 5.02 Å². The second-order valence-corrected chi connectivity index (χ2v) is 5.27. The number of aliphatic carboxylic acids is 1. The van der Waals surface area contributed by atoms with Crippen LogP contribution < -0.4 is 0 Å². The first-order chi connectivity index (χ1) is 9.95. The molecule has 2 aromatic rings. The number of hydrogen-bond donors (Lipinski definition) is 3. The number of carboxylic acids is 1. The van der Waals surface area contributed by atoms with E-state index in [-0.39, 0.29) is 5.82 Å². The third kappa shape index (κ3) is 3.18. The van der Waals surface area contributed by atoms with Crippen LogP contribution in [0.1, 0.15) is 31.7 Å². The highest BCUT2D eigenvalue weighted by Gasteiger charge is 2.29.